The number of fused-ring (bicyclic) bond motifs is 1. The molecule has 0 saturated carbocycles. The van der Waals surface area contributed by atoms with Crippen molar-refractivity contribution in [3.05, 3.63) is 84.1 Å². The minimum atomic E-state index is -0.0489. The molecule has 1 saturated heterocycles. The number of nitrogens with one attached hydrogen (secondary N) is 3. The van der Waals surface area contributed by atoms with Crippen LogP contribution in [0.15, 0.2) is 72.9 Å². The summed E-state index contributed by atoms with van der Waals surface area (Å²) >= 11 is 0. The molecule has 1 amide bonds. The number of hydrogen-bond acceptors (Lipinski definition) is 7. The Labute approximate surface area is 217 Å². The molecule has 0 spiro atoms. The molecule has 1 aliphatic heterocycles. The van der Waals surface area contributed by atoms with Crippen molar-refractivity contribution in [2.75, 3.05) is 36.9 Å². The molecule has 8 nitrogen and oxygen atoms in total. The largest absolute Gasteiger partial charge is 0.364 e. The van der Waals surface area contributed by atoms with Gasteiger partial charge in [0.15, 0.2) is 5.82 Å². The summed E-state index contributed by atoms with van der Waals surface area (Å²) < 4.78 is 0. The van der Waals surface area contributed by atoms with E-state index >= 15 is 0 Å². The minimum Gasteiger partial charge on any atom is -0.364 e. The molecule has 3 heterocycles. The molecule has 0 bridgehead atoms. The van der Waals surface area contributed by atoms with Gasteiger partial charge in [-0.3, -0.25) is 15.6 Å². The van der Waals surface area contributed by atoms with Gasteiger partial charge >= 0.3 is 0 Å². The molecule has 5 rings (SSSR count). The zero-order valence-corrected chi connectivity index (χ0v) is 20.9. The predicted molar refractivity (Wildman–Crippen MR) is 149 cm³/mol. The van der Waals surface area contributed by atoms with E-state index in [9.17, 15) is 4.79 Å². The maximum atomic E-state index is 12.6. The summed E-state index contributed by atoms with van der Waals surface area (Å²) in [4.78, 5) is 24.2. The van der Waals surface area contributed by atoms with E-state index in [1.165, 1.54) is 19.3 Å². The van der Waals surface area contributed by atoms with Crippen LogP contribution in [0.25, 0.3) is 22.2 Å². The average molecular weight is 496 g/mol. The Morgan fingerprint density at radius 3 is 2.62 bits per heavy atom. The van der Waals surface area contributed by atoms with Gasteiger partial charge < -0.3 is 21.0 Å². The van der Waals surface area contributed by atoms with Crippen LogP contribution in [0.1, 0.15) is 35.2 Å². The molecule has 190 valence electrons. The quantitative estimate of drug-likeness (QED) is 0.201. The Kier molecular flexibility index (Phi) is 7.88. The first-order chi connectivity index (χ1) is 18.2. The number of hydrogen-bond donors (Lipinski definition) is 4. The van der Waals surface area contributed by atoms with Crippen molar-refractivity contribution in [1.82, 2.24) is 20.2 Å². The third-order valence-electron chi connectivity index (χ3n) is 6.78. The van der Waals surface area contributed by atoms with E-state index in [1.807, 2.05) is 48.5 Å². The monoisotopic (exact) mass is 495 g/mol. The number of pyridine rings is 2. The Morgan fingerprint density at radius 2 is 1.81 bits per heavy atom. The van der Waals surface area contributed by atoms with Crippen LogP contribution in [0.4, 0.5) is 11.5 Å². The van der Waals surface area contributed by atoms with E-state index in [0.717, 1.165) is 47.4 Å². The number of rotatable bonds is 9. The average Bonchev–Trinajstić information content (AvgIpc) is 2.96. The first kappa shape index (κ1) is 24.7. The number of piperidine rings is 1. The summed E-state index contributed by atoms with van der Waals surface area (Å²) in [5.74, 6) is 6.35. The van der Waals surface area contributed by atoms with Gasteiger partial charge in [0, 0.05) is 42.3 Å². The zero-order chi connectivity index (χ0) is 25.5. The van der Waals surface area contributed by atoms with Crippen molar-refractivity contribution in [2.45, 2.75) is 25.8 Å². The topological polar surface area (TPSA) is 108 Å². The van der Waals surface area contributed by atoms with Gasteiger partial charge in [0.1, 0.15) is 0 Å². The lowest BCUT2D eigenvalue weighted by atomic mass is 10.1. The fourth-order valence-corrected chi connectivity index (χ4v) is 4.70. The van der Waals surface area contributed by atoms with Gasteiger partial charge in [0.25, 0.3) is 5.91 Å². The summed E-state index contributed by atoms with van der Waals surface area (Å²) in [6.45, 7) is 4.42. The molecule has 2 aromatic carbocycles. The zero-order valence-electron chi connectivity index (χ0n) is 20.9. The summed E-state index contributed by atoms with van der Waals surface area (Å²) in [7, 11) is 0. The lowest BCUT2D eigenvalue weighted by Gasteiger charge is -2.26. The molecular formula is C29H33N7O. The van der Waals surface area contributed by atoms with Crippen molar-refractivity contribution in [3.8, 4) is 11.3 Å². The number of nitrogen functional groups attached to an aromatic ring is 1. The molecule has 0 aliphatic carbocycles. The second-order valence-corrected chi connectivity index (χ2v) is 9.36. The number of nitrogens with zero attached hydrogens (tertiary/aromatic N) is 3. The second-order valence-electron chi connectivity index (χ2n) is 9.36. The molecule has 0 radical (unpaired) electrons. The number of amides is 1. The van der Waals surface area contributed by atoms with Crippen LogP contribution < -0.4 is 21.9 Å². The number of likely N-dealkylation sites (tertiary alicyclic amines) is 1. The summed E-state index contributed by atoms with van der Waals surface area (Å²) in [6.07, 6.45) is 5.62. The summed E-state index contributed by atoms with van der Waals surface area (Å²) in [6, 6.07) is 21.5. The Balaban J connectivity index is 1.22. The highest BCUT2D eigenvalue weighted by Crippen LogP contribution is 2.26. The van der Waals surface area contributed by atoms with E-state index in [4.69, 9.17) is 10.8 Å². The third-order valence-corrected chi connectivity index (χ3v) is 6.78. The predicted octanol–water partition coefficient (Wildman–Crippen LogP) is 4.41. The number of carbonyl (C=O) groups excluding carboxylic acids is 1. The summed E-state index contributed by atoms with van der Waals surface area (Å²) in [5, 5.41) is 7.53. The lowest BCUT2D eigenvalue weighted by Crippen LogP contribution is -2.37. The Hall–Kier alpha value is -4.01. The van der Waals surface area contributed by atoms with Crippen LogP contribution in [-0.2, 0) is 6.54 Å². The third kappa shape index (κ3) is 6.22. The highest BCUT2D eigenvalue weighted by molar-refractivity contribution is 5.94. The van der Waals surface area contributed by atoms with Crippen molar-refractivity contribution in [3.63, 3.8) is 0 Å². The molecule has 37 heavy (non-hydrogen) atoms. The van der Waals surface area contributed by atoms with Gasteiger partial charge in [-0.25, -0.2) is 4.98 Å². The Bertz CT molecular complexity index is 1350. The molecule has 1 fully saturated rings. The number of nitrogens with two attached hydrogens (primary N) is 1. The second kappa shape index (κ2) is 11.8. The first-order valence-corrected chi connectivity index (χ1v) is 12.9. The van der Waals surface area contributed by atoms with E-state index in [2.05, 4.69) is 44.1 Å². The lowest BCUT2D eigenvalue weighted by molar-refractivity contribution is 0.0946. The van der Waals surface area contributed by atoms with Crippen molar-refractivity contribution >= 4 is 28.3 Å². The molecule has 0 atom stereocenters. The molecule has 2 aromatic heterocycles. The fourth-order valence-electron chi connectivity index (χ4n) is 4.70. The number of carbonyl (C=O) groups is 1. The van der Waals surface area contributed by atoms with Gasteiger partial charge in [0.05, 0.1) is 16.9 Å². The van der Waals surface area contributed by atoms with E-state index in [1.54, 1.807) is 6.20 Å². The van der Waals surface area contributed by atoms with Gasteiger partial charge in [-0.05, 0) is 74.0 Å². The van der Waals surface area contributed by atoms with Crippen LogP contribution >= 0.6 is 0 Å². The highest BCUT2D eigenvalue weighted by Gasteiger charge is 2.12. The van der Waals surface area contributed by atoms with E-state index < -0.39 is 0 Å². The molecule has 5 N–H and O–H groups in total. The standard InChI is InChI=1S/C29H33N7O/c30-35-27-13-12-26(34-28(27)33-20-21-6-11-25-24(19-21)5-4-14-31-25)22-7-9-23(10-8-22)29(37)32-15-18-36-16-2-1-3-17-36/h4-14,19,35H,1-3,15-18,20,30H2,(H,32,37)(H,33,34). The first-order valence-electron chi connectivity index (χ1n) is 12.9. The van der Waals surface area contributed by atoms with Crippen molar-refractivity contribution < 1.29 is 4.79 Å². The van der Waals surface area contributed by atoms with E-state index in [0.29, 0.717) is 30.2 Å². The smallest absolute Gasteiger partial charge is 0.251 e. The minimum absolute atomic E-state index is 0.0489. The number of benzene rings is 2. The molecule has 4 aromatic rings. The Morgan fingerprint density at radius 1 is 0.973 bits per heavy atom. The molecule has 0 unspecified atom stereocenters. The van der Waals surface area contributed by atoms with Crippen molar-refractivity contribution in [1.29, 1.82) is 0 Å². The fraction of sp³-hybridized carbons (Fsp3) is 0.276. The van der Waals surface area contributed by atoms with E-state index in [-0.39, 0.29) is 5.91 Å². The maximum Gasteiger partial charge on any atom is 0.251 e. The number of aromatic nitrogens is 2. The van der Waals surface area contributed by atoms with Crippen molar-refractivity contribution in [2.24, 2.45) is 5.84 Å². The van der Waals surface area contributed by atoms with Crippen LogP contribution in [0.5, 0.6) is 0 Å². The number of hydrazine groups is 1. The molecule has 1 aliphatic rings. The summed E-state index contributed by atoms with van der Waals surface area (Å²) in [5.41, 5.74) is 7.87. The van der Waals surface area contributed by atoms with Crippen LogP contribution in [-0.4, -0.2) is 47.0 Å². The molecular weight excluding hydrogens is 462 g/mol. The van der Waals surface area contributed by atoms with Gasteiger partial charge in [0.2, 0.25) is 0 Å². The van der Waals surface area contributed by atoms with Gasteiger partial charge in [-0.15, -0.1) is 0 Å². The number of anilines is 2. The SMILES string of the molecule is NNc1ccc(-c2ccc(C(=O)NCCN3CCCCC3)cc2)nc1NCc1ccc2ncccc2c1. The van der Waals surface area contributed by atoms with Gasteiger partial charge in [-0.2, -0.15) is 0 Å². The normalized spacial score (nSPS) is 13.9. The van der Waals surface area contributed by atoms with Gasteiger partial charge in [-0.1, -0.05) is 30.7 Å². The van der Waals surface area contributed by atoms with Crippen LogP contribution in [0.2, 0.25) is 0 Å². The van der Waals surface area contributed by atoms with Crippen LogP contribution in [0, 0.1) is 0 Å². The highest BCUT2D eigenvalue weighted by atomic mass is 16.1. The maximum absolute atomic E-state index is 12.6. The van der Waals surface area contributed by atoms with Crippen LogP contribution in [0.3, 0.4) is 0 Å². The molecule has 8 heteroatoms.